The Balaban J connectivity index is 2.22. The number of benzodiazepines with no additional fused rings is 1. The molecule has 6 nitrogen and oxygen atoms in total. The third kappa shape index (κ3) is 5.32. The van der Waals surface area contributed by atoms with Crippen LogP contribution >= 0.6 is 11.6 Å². The zero-order valence-electron chi connectivity index (χ0n) is 18.4. The lowest BCUT2D eigenvalue weighted by Crippen LogP contribution is -2.47. The van der Waals surface area contributed by atoms with E-state index in [1.165, 1.54) is 12.0 Å². The maximum atomic E-state index is 13.6. The molecule has 1 amide bonds. The highest BCUT2D eigenvalue weighted by Gasteiger charge is 2.38. The van der Waals surface area contributed by atoms with Gasteiger partial charge in [0.25, 0.3) is 5.91 Å². The number of carbonyl (C=O) groups excluding carboxylic acids is 2. The van der Waals surface area contributed by atoms with E-state index in [9.17, 15) is 9.59 Å². The molecule has 1 aliphatic rings. The van der Waals surface area contributed by atoms with E-state index in [1.807, 2.05) is 58.0 Å². The Morgan fingerprint density at radius 2 is 1.87 bits per heavy atom. The Labute approximate surface area is 187 Å². The van der Waals surface area contributed by atoms with Gasteiger partial charge in [-0.1, -0.05) is 41.9 Å². The van der Waals surface area contributed by atoms with E-state index >= 15 is 0 Å². The van der Waals surface area contributed by atoms with Crippen molar-refractivity contribution in [1.29, 1.82) is 0 Å². The normalized spacial score (nSPS) is 17.5. The Morgan fingerprint density at radius 3 is 2.48 bits per heavy atom. The minimum absolute atomic E-state index is 0.236. The van der Waals surface area contributed by atoms with Crippen LogP contribution in [0.25, 0.3) is 0 Å². The highest BCUT2D eigenvalue weighted by atomic mass is 35.5. The SMILES string of the molecule is COC(=O)CN1C(=O)C([C@@H](C)OC(C)(C)C)N=C(c2ccccc2)c2cc(Cl)ccc21. The van der Waals surface area contributed by atoms with Crippen LogP contribution in [0.1, 0.15) is 38.8 Å². The fraction of sp³-hybridized carbons (Fsp3) is 0.375. The van der Waals surface area contributed by atoms with Crippen LogP contribution < -0.4 is 4.90 Å². The smallest absolute Gasteiger partial charge is 0.325 e. The van der Waals surface area contributed by atoms with Crippen LogP contribution in [0.15, 0.2) is 53.5 Å². The number of rotatable bonds is 5. The molecule has 3 rings (SSSR count). The minimum Gasteiger partial charge on any atom is -0.468 e. The summed E-state index contributed by atoms with van der Waals surface area (Å²) in [5.41, 5.74) is 2.20. The van der Waals surface area contributed by atoms with E-state index in [2.05, 4.69) is 0 Å². The van der Waals surface area contributed by atoms with Gasteiger partial charge in [-0.05, 0) is 45.9 Å². The highest BCUT2D eigenvalue weighted by Crippen LogP contribution is 2.32. The fourth-order valence-corrected chi connectivity index (χ4v) is 3.76. The van der Waals surface area contributed by atoms with Crippen molar-refractivity contribution in [3.63, 3.8) is 0 Å². The number of halogens is 1. The molecule has 2 atom stereocenters. The van der Waals surface area contributed by atoms with Crippen molar-refractivity contribution < 1.29 is 19.1 Å². The maximum absolute atomic E-state index is 13.6. The first-order valence-electron chi connectivity index (χ1n) is 10.1. The second-order valence-electron chi connectivity index (χ2n) is 8.39. The Bertz CT molecular complexity index is 998. The van der Waals surface area contributed by atoms with Gasteiger partial charge in [0.1, 0.15) is 6.54 Å². The van der Waals surface area contributed by atoms with E-state index in [0.29, 0.717) is 22.0 Å². The number of methoxy groups -OCH3 is 1. The lowest BCUT2D eigenvalue weighted by Gasteiger charge is -2.30. The lowest BCUT2D eigenvalue weighted by atomic mass is 10.00. The number of benzene rings is 2. The number of nitrogens with zero attached hydrogens (tertiary/aromatic N) is 2. The highest BCUT2D eigenvalue weighted by molar-refractivity contribution is 6.32. The largest absolute Gasteiger partial charge is 0.468 e. The molecule has 0 fully saturated rings. The van der Waals surface area contributed by atoms with E-state index in [4.69, 9.17) is 26.1 Å². The third-order valence-electron chi connectivity index (χ3n) is 4.84. The van der Waals surface area contributed by atoms with E-state index in [0.717, 1.165) is 5.56 Å². The third-order valence-corrected chi connectivity index (χ3v) is 5.07. The summed E-state index contributed by atoms with van der Waals surface area (Å²) >= 11 is 6.31. The first kappa shape index (κ1) is 23.0. The minimum atomic E-state index is -0.856. The van der Waals surface area contributed by atoms with Gasteiger partial charge >= 0.3 is 5.97 Å². The summed E-state index contributed by atoms with van der Waals surface area (Å²) in [6.45, 7) is 7.35. The van der Waals surface area contributed by atoms with Gasteiger partial charge in [-0.15, -0.1) is 0 Å². The van der Waals surface area contributed by atoms with Crippen molar-refractivity contribution in [2.75, 3.05) is 18.6 Å². The van der Waals surface area contributed by atoms with Crippen molar-refractivity contribution in [1.82, 2.24) is 0 Å². The quantitative estimate of drug-likeness (QED) is 0.648. The van der Waals surface area contributed by atoms with E-state index < -0.39 is 23.7 Å². The topological polar surface area (TPSA) is 68.2 Å². The van der Waals surface area contributed by atoms with Gasteiger partial charge in [0, 0.05) is 16.1 Å². The number of hydrogen-bond donors (Lipinski definition) is 0. The van der Waals surface area contributed by atoms with Crippen molar-refractivity contribution in [3.05, 3.63) is 64.7 Å². The molecule has 0 radical (unpaired) electrons. The zero-order valence-corrected chi connectivity index (χ0v) is 19.1. The lowest BCUT2D eigenvalue weighted by molar-refractivity contribution is -0.140. The molecule has 7 heteroatoms. The number of anilines is 1. The molecule has 1 aliphatic heterocycles. The van der Waals surface area contributed by atoms with Gasteiger partial charge < -0.3 is 9.47 Å². The standard InChI is InChI=1S/C24H27ClN2O4/c1-15(31-24(2,3)4)21-23(29)27(14-20(28)30-5)19-12-11-17(25)13-18(19)22(26-21)16-9-7-6-8-10-16/h6-13,15,21H,14H2,1-5H3/t15-,21?/m1/s1. The number of ether oxygens (including phenoxy) is 2. The molecule has 31 heavy (non-hydrogen) atoms. The van der Waals surface area contributed by atoms with Crippen molar-refractivity contribution in [2.45, 2.75) is 45.4 Å². The number of fused-ring (bicyclic) bond motifs is 1. The fourth-order valence-electron chi connectivity index (χ4n) is 3.59. The first-order valence-corrected chi connectivity index (χ1v) is 10.5. The number of hydrogen-bond acceptors (Lipinski definition) is 5. The van der Waals surface area contributed by atoms with Crippen LogP contribution in [-0.2, 0) is 19.1 Å². The van der Waals surface area contributed by atoms with Gasteiger partial charge in [0.15, 0.2) is 6.04 Å². The molecule has 0 aromatic heterocycles. The van der Waals surface area contributed by atoms with E-state index in [1.54, 1.807) is 18.2 Å². The predicted molar refractivity (Wildman–Crippen MR) is 122 cm³/mol. The summed E-state index contributed by atoms with van der Waals surface area (Å²) in [5, 5.41) is 0.505. The molecule has 2 aromatic rings. The van der Waals surface area contributed by atoms with Gasteiger partial charge in [-0.2, -0.15) is 0 Å². The van der Waals surface area contributed by atoms with Crippen LogP contribution in [0.4, 0.5) is 5.69 Å². The second kappa shape index (κ2) is 9.20. The Kier molecular flexibility index (Phi) is 6.82. The number of carbonyl (C=O) groups is 2. The number of aliphatic imine (C=N–C) groups is 1. The zero-order chi connectivity index (χ0) is 22.8. The first-order chi connectivity index (χ1) is 14.6. The molecule has 0 spiro atoms. The Morgan fingerprint density at radius 1 is 1.19 bits per heavy atom. The van der Waals surface area contributed by atoms with Crippen LogP contribution in [0.2, 0.25) is 5.02 Å². The predicted octanol–water partition coefficient (Wildman–Crippen LogP) is 4.27. The summed E-state index contributed by atoms with van der Waals surface area (Å²) in [5.74, 6) is -0.864. The summed E-state index contributed by atoms with van der Waals surface area (Å²) in [7, 11) is 1.29. The molecule has 0 N–H and O–H groups in total. The van der Waals surface area contributed by atoms with Gasteiger partial charge in [-0.25, -0.2) is 0 Å². The van der Waals surface area contributed by atoms with Crippen LogP contribution in [0.3, 0.4) is 0 Å². The summed E-state index contributed by atoms with van der Waals surface area (Å²) in [4.78, 5) is 32.1. The van der Waals surface area contributed by atoms with Crippen molar-refractivity contribution >= 4 is 34.9 Å². The molecule has 0 saturated carbocycles. The molecule has 0 bridgehead atoms. The number of amides is 1. The molecule has 1 unspecified atom stereocenters. The van der Waals surface area contributed by atoms with Crippen molar-refractivity contribution in [3.8, 4) is 0 Å². The molecular formula is C24H27ClN2O4. The summed E-state index contributed by atoms with van der Waals surface area (Å²) in [6.07, 6.45) is -0.531. The number of esters is 1. The Hall–Kier alpha value is -2.70. The molecule has 0 saturated heterocycles. The van der Waals surface area contributed by atoms with E-state index in [-0.39, 0.29) is 12.5 Å². The molecule has 2 aromatic carbocycles. The molecule has 164 valence electrons. The maximum Gasteiger partial charge on any atom is 0.325 e. The molecular weight excluding hydrogens is 416 g/mol. The van der Waals surface area contributed by atoms with Gasteiger partial charge in [-0.3, -0.25) is 19.5 Å². The average molecular weight is 443 g/mol. The average Bonchev–Trinajstić information content (AvgIpc) is 2.82. The van der Waals surface area contributed by atoms with Crippen LogP contribution in [0, 0.1) is 0 Å². The summed E-state index contributed by atoms with van der Waals surface area (Å²) < 4.78 is 10.9. The second-order valence-corrected chi connectivity index (χ2v) is 8.82. The monoisotopic (exact) mass is 442 g/mol. The molecule has 0 aliphatic carbocycles. The van der Waals surface area contributed by atoms with Crippen LogP contribution in [0.5, 0.6) is 0 Å². The van der Waals surface area contributed by atoms with Gasteiger partial charge in [0.2, 0.25) is 0 Å². The van der Waals surface area contributed by atoms with Crippen molar-refractivity contribution in [2.24, 2.45) is 4.99 Å². The van der Waals surface area contributed by atoms with Crippen LogP contribution in [-0.4, -0.2) is 49.0 Å². The molecule has 1 heterocycles. The van der Waals surface area contributed by atoms with Gasteiger partial charge in [0.05, 0.1) is 30.2 Å². The summed E-state index contributed by atoms with van der Waals surface area (Å²) in [6, 6.07) is 13.9.